The zero-order chi connectivity index (χ0) is 15.1. The molecule has 1 atom stereocenters. The van der Waals surface area contributed by atoms with Crippen molar-refractivity contribution in [3.8, 4) is 0 Å². The molecule has 0 amide bonds. The molecular formula is C17H30N4. The van der Waals surface area contributed by atoms with Crippen LogP contribution in [0.25, 0.3) is 0 Å². The minimum Gasteiger partial charge on any atom is -0.330 e. The van der Waals surface area contributed by atoms with Crippen molar-refractivity contribution < 1.29 is 0 Å². The number of rotatable bonds is 6. The summed E-state index contributed by atoms with van der Waals surface area (Å²) >= 11 is 0. The molecule has 21 heavy (non-hydrogen) atoms. The van der Waals surface area contributed by atoms with E-state index in [0.717, 1.165) is 32.6 Å². The number of pyridine rings is 1. The molecule has 0 saturated carbocycles. The molecule has 2 N–H and O–H groups in total. The van der Waals surface area contributed by atoms with Crippen LogP contribution in [-0.4, -0.2) is 53.5 Å². The second-order valence-corrected chi connectivity index (χ2v) is 6.07. The van der Waals surface area contributed by atoms with Gasteiger partial charge in [0.25, 0.3) is 0 Å². The summed E-state index contributed by atoms with van der Waals surface area (Å²) < 4.78 is 0. The summed E-state index contributed by atoms with van der Waals surface area (Å²) in [6.45, 7) is 10.9. The highest BCUT2D eigenvalue weighted by Crippen LogP contribution is 2.14. The SMILES string of the molecule is CCC(CCN)N1CCCN(Cc2ncccc2C)CC1. The summed E-state index contributed by atoms with van der Waals surface area (Å²) in [6, 6.07) is 4.83. The van der Waals surface area contributed by atoms with Crippen molar-refractivity contribution in [3.05, 3.63) is 29.6 Å². The molecule has 1 fully saturated rings. The lowest BCUT2D eigenvalue weighted by Crippen LogP contribution is -2.39. The highest BCUT2D eigenvalue weighted by Gasteiger charge is 2.20. The van der Waals surface area contributed by atoms with E-state index in [-0.39, 0.29) is 0 Å². The fourth-order valence-electron chi connectivity index (χ4n) is 3.25. The third-order valence-corrected chi connectivity index (χ3v) is 4.60. The van der Waals surface area contributed by atoms with Gasteiger partial charge in [-0.15, -0.1) is 0 Å². The molecule has 0 spiro atoms. The van der Waals surface area contributed by atoms with Crippen LogP contribution in [0.3, 0.4) is 0 Å². The van der Waals surface area contributed by atoms with Crippen LogP contribution in [-0.2, 0) is 6.54 Å². The second kappa shape index (κ2) is 8.47. The van der Waals surface area contributed by atoms with E-state index in [0.29, 0.717) is 6.04 Å². The highest BCUT2D eigenvalue weighted by atomic mass is 15.2. The van der Waals surface area contributed by atoms with E-state index in [1.807, 2.05) is 12.3 Å². The summed E-state index contributed by atoms with van der Waals surface area (Å²) in [6.07, 6.45) is 5.47. The Morgan fingerprint density at radius 3 is 2.86 bits per heavy atom. The van der Waals surface area contributed by atoms with E-state index in [2.05, 4.69) is 34.7 Å². The van der Waals surface area contributed by atoms with Crippen molar-refractivity contribution in [2.45, 2.75) is 45.7 Å². The van der Waals surface area contributed by atoms with E-state index in [1.165, 1.54) is 37.2 Å². The van der Waals surface area contributed by atoms with Gasteiger partial charge in [0.15, 0.2) is 0 Å². The molecule has 118 valence electrons. The topological polar surface area (TPSA) is 45.4 Å². The normalized spacial score (nSPS) is 19.4. The zero-order valence-corrected chi connectivity index (χ0v) is 13.6. The van der Waals surface area contributed by atoms with Crippen molar-refractivity contribution in [2.75, 3.05) is 32.7 Å². The lowest BCUT2D eigenvalue weighted by atomic mass is 10.1. The minimum atomic E-state index is 0.659. The first-order valence-corrected chi connectivity index (χ1v) is 8.31. The van der Waals surface area contributed by atoms with Crippen molar-refractivity contribution in [1.29, 1.82) is 0 Å². The summed E-state index contributed by atoms with van der Waals surface area (Å²) in [5.74, 6) is 0. The maximum absolute atomic E-state index is 5.75. The molecule has 0 radical (unpaired) electrons. The lowest BCUT2D eigenvalue weighted by molar-refractivity contribution is 0.184. The Labute approximate surface area is 129 Å². The van der Waals surface area contributed by atoms with E-state index < -0.39 is 0 Å². The second-order valence-electron chi connectivity index (χ2n) is 6.07. The predicted molar refractivity (Wildman–Crippen MR) is 88.2 cm³/mol. The first-order valence-electron chi connectivity index (χ1n) is 8.31. The first kappa shape index (κ1) is 16.4. The van der Waals surface area contributed by atoms with Crippen LogP contribution in [0, 0.1) is 6.92 Å². The average molecular weight is 290 g/mol. The Bertz CT molecular complexity index is 421. The van der Waals surface area contributed by atoms with Crippen LogP contribution in [0.4, 0.5) is 0 Å². The van der Waals surface area contributed by atoms with Gasteiger partial charge >= 0.3 is 0 Å². The number of aryl methyl sites for hydroxylation is 1. The fourth-order valence-corrected chi connectivity index (χ4v) is 3.25. The Balaban J connectivity index is 1.90. The molecule has 4 nitrogen and oxygen atoms in total. The van der Waals surface area contributed by atoms with Crippen molar-refractivity contribution >= 4 is 0 Å². The maximum atomic E-state index is 5.75. The molecule has 4 heteroatoms. The molecule has 0 aliphatic carbocycles. The van der Waals surface area contributed by atoms with Crippen LogP contribution >= 0.6 is 0 Å². The van der Waals surface area contributed by atoms with Gasteiger partial charge < -0.3 is 5.73 Å². The van der Waals surface area contributed by atoms with Gasteiger partial charge in [-0.25, -0.2) is 0 Å². The molecule has 1 aliphatic heterocycles. The summed E-state index contributed by atoms with van der Waals surface area (Å²) in [5, 5.41) is 0. The first-order chi connectivity index (χ1) is 10.2. The molecular weight excluding hydrogens is 260 g/mol. The molecule has 0 bridgehead atoms. The van der Waals surface area contributed by atoms with Crippen LogP contribution in [0.1, 0.15) is 37.4 Å². The van der Waals surface area contributed by atoms with Crippen molar-refractivity contribution in [1.82, 2.24) is 14.8 Å². The van der Waals surface area contributed by atoms with Gasteiger partial charge in [0, 0.05) is 31.9 Å². The third kappa shape index (κ3) is 4.77. The standard InChI is InChI=1S/C17H30N4/c1-3-16(7-8-18)21-11-5-10-20(12-13-21)14-17-15(2)6-4-9-19-17/h4,6,9,16H,3,5,7-8,10-14,18H2,1-2H3. The predicted octanol–water partition coefficient (Wildman–Crippen LogP) is 2.03. The molecule has 1 aromatic rings. The highest BCUT2D eigenvalue weighted by molar-refractivity contribution is 5.17. The molecule has 1 saturated heterocycles. The van der Waals surface area contributed by atoms with Crippen LogP contribution in [0.2, 0.25) is 0 Å². The quantitative estimate of drug-likeness (QED) is 0.871. The van der Waals surface area contributed by atoms with Gasteiger partial charge in [0.1, 0.15) is 0 Å². The van der Waals surface area contributed by atoms with Crippen LogP contribution in [0.5, 0.6) is 0 Å². The summed E-state index contributed by atoms with van der Waals surface area (Å²) in [5.41, 5.74) is 8.27. The number of aromatic nitrogens is 1. The van der Waals surface area contributed by atoms with E-state index in [4.69, 9.17) is 5.73 Å². The number of nitrogens with two attached hydrogens (primary N) is 1. The Hall–Kier alpha value is -0.970. The van der Waals surface area contributed by atoms with Gasteiger partial charge in [0.05, 0.1) is 5.69 Å². The Morgan fingerprint density at radius 1 is 1.29 bits per heavy atom. The molecule has 2 heterocycles. The number of hydrogen-bond acceptors (Lipinski definition) is 4. The van der Waals surface area contributed by atoms with Gasteiger partial charge in [0.2, 0.25) is 0 Å². The molecule has 0 aromatic carbocycles. The molecule has 1 unspecified atom stereocenters. The maximum Gasteiger partial charge on any atom is 0.0573 e. The smallest absolute Gasteiger partial charge is 0.0573 e. The minimum absolute atomic E-state index is 0.659. The Kier molecular flexibility index (Phi) is 6.61. The third-order valence-electron chi connectivity index (χ3n) is 4.60. The van der Waals surface area contributed by atoms with E-state index in [1.54, 1.807) is 0 Å². The van der Waals surface area contributed by atoms with Gasteiger partial charge in [-0.1, -0.05) is 13.0 Å². The van der Waals surface area contributed by atoms with Crippen LogP contribution in [0.15, 0.2) is 18.3 Å². The Morgan fingerprint density at radius 2 is 2.14 bits per heavy atom. The van der Waals surface area contributed by atoms with Crippen molar-refractivity contribution in [3.63, 3.8) is 0 Å². The molecule has 1 aromatic heterocycles. The van der Waals surface area contributed by atoms with E-state index >= 15 is 0 Å². The van der Waals surface area contributed by atoms with Gasteiger partial charge in [-0.05, 0) is 57.5 Å². The fraction of sp³-hybridized carbons (Fsp3) is 0.706. The number of nitrogens with zero attached hydrogens (tertiary/aromatic N) is 3. The van der Waals surface area contributed by atoms with Crippen LogP contribution < -0.4 is 5.73 Å². The molecule has 2 rings (SSSR count). The largest absolute Gasteiger partial charge is 0.330 e. The number of hydrogen-bond donors (Lipinski definition) is 1. The van der Waals surface area contributed by atoms with Crippen molar-refractivity contribution in [2.24, 2.45) is 5.73 Å². The zero-order valence-electron chi connectivity index (χ0n) is 13.6. The average Bonchev–Trinajstić information content (AvgIpc) is 2.73. The van der Waals surface area contributed by atoms with Gasteiger partial charge in [-0.3, -0.25) is 14.8 Å². The summed E-state index contributed by atoms with van der Waals surface area (Å²) in [7, 11) is 0. The van der Waals surface area contributed by atoms with Gasteiger partial charge in [-0.2, -0.15) is 0 Å². The summed E-state index contributed by atoms with van der Waals surface area (Å²) in [4.78, 5) is 9.71. The molecule has 1 aliphatic rings. The van der Waals surface area contributed by atoms with E-state index in [9.17, 15) is 0 Å². The lowest BCUT2D eigenvalue weighted by Gasteiger charge is -2.29. The monoisotopic (exact) mass is 290 g/mol.